The largest absolute Gasteiger partial charge is 0.294 e. The minimum absolute atomic E-state index is 0.546. The van der Waals surface area contributed by atoms with Crippen molar-refractivity contribution in [1.82, 2.24) is 9.88 Å². The molecule has 1 aliphatic rings. The first-order chi connectivity index (χ1) is 6.66. The number of hydrogen-bond donors (Lipinski definition) is 0. The van der Waals surface area contributed by atoms with Crippen LogP contribution in [0.25, 0.3) is 0 Å². The van der Waals surface area contributed by atoms with E-state index in [1.807, 2.05) is 10.9 Å². The maximum absolute atomic E-state index is 13.7. The summed E-state index contributed by atoms with van der Waals surface area (Å²) in [6, 6.07) is 0. The number of halogens is 1. The molecule has 78 valence electrons. The van der Waals surface area contributed by atoms with Crippen molar-refractivity contribution in [3.05, 3.63) is 16.6 Å². The van der Waals surface area contributed by atoms with Crippen LogP contribution in [0.1, 0.15) is 25.5 Å². The van der Waals surface area contributed by atoms with Gasteiger partial charge in [-0.2, -0.15) is 0 Å². The highest BCUT2D eigenvalue weighted by molar-refractivity contribution is 7.07. The Labute approximate surface area is 87.8 Å². The Bertz CT molecular complexity index is 284. The summed E-state index contributed by atoms with van der Waals surface area (Å²) >= 11 is 1.60. The molecule has 1 aromatic rings. The van der Waals surface area contributed by atoms with Crippen LogP contribution in [0.4, 0.5) is 4.39 Å². The van der Waals surface area contributed by atoms with Crippen LogP contribution >= 0.6 is 11.3 Å². The van der Waals surface area contributed by atoms with E-state index in [0.29, 0.717) is 13.0 Å². The van der Waals surface area contributed by atoms with Gasteiger partial charge in [-0.3, -0.25) is 4.90 Å². The molecule has 0 bridgehead atoms. The van der Waals surface area contributed by atoms with Gasteiger partial charge in [-0.1, -0.05) is 0 Å². The molecule has 0 N–H and O–H groups in total. The summed E-state index contributed by atoms with van der Waals surface area (Å²) in [5.74, 6) is 0. The van der Waals surface area contributed by atoms with Crippen LogP contribution in [-0.4, -0.2) is 28.6 Å². The van der Waals surface area contributed by atoms with Crippen LogP contribution in [0.15, 0.2) is 10.9 Å². The van der Waals surface area contributed by atoms with Crippen molar-refractivity contribution in [2.75, 3.05) is 13.1 Å². The highest BCUT2D eigenvalue weighted by Crippen LogP contribution is 2.25. The minimum Gasteiger partial charge on any atom is -0.294 e. The van der Waals surface area contributed by atoms with E-state index in [4.69, 9.17) is 0 Å². The van der Waals surface area contributed by atoms with Gasteiger partial charge in [0.2, 0.25) is 0 Å². The molecule has 0 aliphatic carbocycles. The molecule has 1 atom stereocenters. The van der Waals surface area contributed by atoms with Gasteiger partial charge in [0, 0.05) is 18.5 Å². The van der Waals surface area contributed by atoms with E-state index in [2.05, 4.69) is 9.88 Å². The van der Waals surface area contributed by atoms with Crippen molar-refractivity contribution in [2.24, 2.45) is 0 Å². The summed E-state index contributed by atoms with van der Waals surface area (Å²) in [6.07, 6.45) is 1.65. The maximum Gasteiger partial charge on any atom is 0.120 e. The van der Waals surface area contributed by atoms with E-state index < -0.39 is 5.67 Å². The Hall–Kier alpha value is -0.480. The Morgan fingerprint density at radius 2 is 2.57 bits per heavy atom. The lowest BCUT2D eigenvalue weighted by molar-refractivity contribution is 0.0557. The number of nitrogens with zero attached hydrogens (tertiary/aromatic N) is 2. The standard InChI is InChI=1S/C10H15FN2S/c1-10(11)3-2-4-13(7-10)5-9-6-14-8-12-9/h6,8H,2-5,7H2,1H3/t10-/m0/s1. The average Bonchev–Trinajstić information content (AvgIpc) is 2.54. The zero-order chi connectivity index (χ0) is 10.0. The van der Waals surface area contributed by atoms with Crippen molar-refractivity contribution in [3.8, 4) is 0 Å². The fourth-order valence-electron chi connectivity index (χ4n) is 1.98. The molecule has 4 heteroatoms. The number of aromatic nitrogens is 1. The van der Waals surface area contributed by atoms with E-state index >= 15 is 0 Å². The zero-order valence-corrected chi connectivity index (χ0v) is 9.19. The van der Waals surface area contributed by atoms with Crippen LogP contribution < -0.4 is 0 Å². The van der Waals surface area contributed by atoms with Crippen molar-refractivity contribution in [2.45, 2.75) is 32.0 Å². The summed E-state index contributed by atoms with van der Waals surface area (Å²) in [5, 5.41) is 2.03. The summed E-state index contributed by atoms with van der Waals surface area (Å²) in [7, 11) is 0. The third kappa shape index (κ3) is 2.51. The minimum atomic E-state index is -1.01. The van der Waals surface area contributed by atoms with Crippen LogP contribution in [0.3, 0.4) is 0 Å². The summed E-state index contributed by atoms with van der Waals surface area (Å²) in [6.45, 7) is 4.03. The Balaban J connectivity index is 1.92. The topological polar surface area (TPSA) is 16.1 Å². The van der Waals surface area contributed by atoms with Gasteiger partial charge in [0.05, 0.1) is 11.2 Å². The maximum atomic E-state index is 13.7. The molecule has 14 heavy (non-hydrogen) atoms. The summed E-state index contributed by atoms with van der Waals surface area (Å²) < 4.78 is 13.7. The molecule has 1 fully saturated rings. The van der Waals surface area contributed by atoms with Crippen molar-refractivity contribution >= 4 is 11.3 Å². The van der Waals surface area contributed by atoms with Crippen molar-refractivity contribution in [1.29, 1.82) is 0 Å². The number of thiazole rings is 1. The van der Waals surface area contributed by atoms with Gasteiger partial charge >= 0.3 is 0 Å². The fraction of sp³-hybridized carbons (Fsp3) is 0.700. The monoisotopic (exact) mass is 214 g/mol. The summed E-state index contributed by atoms with van der Waals surface area (Å²) in [4.78, 5) is 6.36. The van der Waals surface area contributed by atoms with Crippen LogP contribution in [0.5, 0.6) is 0 Å². The van der Waals surface area contributed by atoms with Gasteiger partial charge in [0.1, 0.15) is 5.67 Å². The molecular formula is C10H15FN2S. The van der Waals surface area contributed by atoms with Gasteiger partial charge < -0.3 is 0 Å². The van der Waals surface area contributed by atoms with Gasteiger partial charge in [-0.25, -0.2) is 9.37 Å². The second kappa shape index (κ2) is 3.95. The molecule has 0 radical (unpaired) electrons. The third-order valence-corrected chi connectivity index (χ3v) is 3.23. The molecule has 2 heterocycles. The van der Waals surface area contributed by atoms with E-state index in [9.17, 15) is 4.39 Å². The fourth-order valence-corrected chi connectivity index (χ4v) is 2.52. The molecule has 0 spiro atoms. The van der Waals surface area contributed by atoms with Crippen molar-refractivity contribution in [3.63, 3.8) is 0 Å². The first-order valence-corrected chi connectivity index (χ1v) is 5.88. The molecule has 0 unspecified atom stereocenters. The molecule has 2 rings (SSSR count). The highest BCUT2D eigenvalue weighted by atomic mass is 32.1. The molecule has 1 saturated heterocycles. The SMILES string of the molecule is C[C@]1(F)CCCN(Cc2cscn2)C1. The van der Waals surface area contributed by atoms with E-state index in [0.717, 1.165) is 25.2 Å². The number of alkyl halides is 1. The quantitative estimate of drug-likeness (QED) is 0.752. The van der Waals surface area contributed by atoms with Crippen molar-refractivity contribution < 1.29 is 4.39 Å². The van der Waals surface area contributed by atoms with Gasteiger partial charge in [-0.05, 0) is 26.3 Å². The Morgan fingerprint density at radius 1 is 1.71 bits per heavy atom. The molecule has 0 saturated carbocycles. The molecule has 1 aromatic heterocycles. The highest BCUT2D eigenvalue weighted by Gasteiger charge is 2.30. The van der Waals surface area contributed by atoms with E-state index in [1.165, 1.54) is 0 Å². The van der Waals surface area contributed by atoms with Gasteiger partial charge in [-0.15, -0.1) is 11.3 Å². The van der Waals surface area contributed by atoms with Gasteiger partial charge in [0.15, 0.2) is 0 Å². The Kier molecular flexibility index (Phi) is 2.83. The van der Waals surface area contributed by atoms with Gasteiger partial charge in [0.25, 0.3) is 0 Å². The predicted octanol–water partition coefficient (Wildman–Crippen LogP) is 2.47. The number of hydrogen-bond acceptors (Lipinski definition) is 3. The lowest BCUT2D eigenvalue weighted by Crippen LogP contribution is -2.42. The number of piperidine rings is 1. The number of likely N-dealkylation sites (tertiary alicyclic amines) is 1. The molecule has 0 aromatic carbocycles. The lowest BCUT2D eigenvalue weighted by atomic mass is 9.97. The predicted molar refractivity (Wildman–Crippen MR) is 56.1 cm³/mol. The van der Waals surface area contributed by atoms with Crippen LogP contribution in [-0.2, 0) is 6.54 Å². The average molecular weight is 214 g/mol. The zero-order valence-electron chi connectivity index (χ0n) is 8.37. The second-order valence-corrected chi connectivity index (χ2v) is 4.93. The van der Waals surface area contributed by atoms with E-state index in [-0.39, 0.29) is 0 Å². The molecule has 2 nitrogen and oxygen atoms in total. The van der Waals surface area contributed by atoms with E-state index in [1.54, 1.807) is 18.3 Å². The summed E-state index contributed by atoms with van der Waals surface area (Å²) in [5.41, 5.74) is 1.88. The molecular weight excluding hydrogens is 199 g/mol. The van der Waals surface area contributed by atoms with Crippen LogP contribution in [0.2, 0.25) is 0 Å². The smallest absolute Gasteiger partial charge is 0.120 e. The third-order valence-electron chi connectivity index (χ3n) is 2.59. The normalized spacial score (nSPS) is 29.3. The Morgan fingerprint density at radius 3 is 3.21 bits per heavy atom. The first kappa shape index (κ1) is 10.1. The molecule has 0 amide bonds. The van der Waals surface area contributed by atoms with Crippen LogP contribution in [0, 0.1) is 0 Å². The second-order valence-electron chi connectivity index (χ2n) is 4.21. The lowest BCUT2D eigenvalue weighted by Gasteiger charge is -2.34. The first-order valence-electron chi connectivity index (χ1n) is 4.94. The number of rotatable bonds is 2. The molecule has 1 aliphatic heterocycles.